The lowest BCUT2D eigenvalue weighted by Gasteiger charge is -2.42. The molecule has 0 amide bonds. The summed E-state index contributed by atoms with van der Waals surface area (Å²) in [5, 5.41) is 0.660. The summed E-state index contributed by atoms with van der Waals surface area (Å²) in [4.78, 5) is 2.55. The Kier molecular flexibility index (Phi) is 5.75. The summed E-state index contributed by atoms with van der Waals surface area (Å²) in [5.41, 5.74) is 7.35. The normalized spacial score (nSPS) is 25.4. The van der Waals surface area contributed by atoms with Crippen molar-refractivity contribution >= 4 is 11.8 Å². The maximum Gasteiger partial charge on any atom is 0.119 e. The van der Waals surface area contributed by atoms with Crippen molar-refractivity contribution in [1.29, 1.82) is 0 Å². The van der Waals surface area contributed by atoms with E-state index in [2.05, 4.69) is 48.7 Å². The van der Waals surface area contributed by atoms with E-state index in [-0.39, 0.29) is 6.04 Å². The Morgan fingerprint density at radius 2 is 2.25 bits per heavy atom. The SMILES string of the molecule is CCOc1cccc(C(CN)N2CCSC(C)C2C)c1. The van der Waals surface area contributed by atoms with Gasteiger partial charge in [-0.15, -0.1) is 0 Å². The molecule has 1 aromatic carbocycles. The van der Waals surface area contributed by atoms with Crippen molar-refractivity contribution in [3.8, 4) is 5.75 Å². The molecule has 1 saturated heterocycles. The first-order chi connectivity index (χ1) is 9.67. The zero-order valence-electron chi connectivity index (χ0n) is 12.7. The van der Waals surface area contributed by atoms with Crippen LogP contribution in [-0.4, -0.2) is 41.6 Å². The first kappa shape index (κ1) is 15.7. The maximum absolute atomic E-state index is 6.08. The summed E-state index contributed by atoms with van der Waals surface area (Å²) in [5.74, 6) is 2.13. The molecule has 112 valence electrons. The number of hydrogen-bond acceptors (Lipinski definition) is 4. The number of benzene rings is 1. The van der Waals surface area contributed by atoms with E-state index in [0.29, 0.717) is 24.4 Å². The van der Waals surface area contributed by atoms with Crippen molar-refractivity contribution in [2.45, 2.75) is 38.1 Å². The first-order valence-electron chi connectivity index (χ1n) is 7.47. The second-order valence-corrected chi connectivity index (χ2v) is 6.80. The van der Waals surface area contributed by atoms with Crippen LogP contribution in [-0.2, 0) is 0 Å². The van der Waals surface area contributed by atoms with E-state index in [4.69, 9.17) is 10.5 Å². The minimum atomic E-state index is 0.286. The Bertz CT molecular complexity index is 427. The smallest absolute Gasteiger partial charge is 0.119 e. The Morgan fingerprint density at radius 3 is 2.95 bits per heavy atom. The molecule has 1 aromatic rings. The fraction of sp³-hybridized carbons (Fsp3) is 0.625. The second kappa shape index (κ2) is 7.34. The van der Waals surface area contributed by atoms with E-state index in [9.17, 15) is 0 Å². The van der Waals surface area contributed by atoms with Gasteiger partial charge in [0.05, 0.1) is 6.61 Å². The van der Waals surface area contributed by atoms with Crippen LogP contribution in [0.3, 0.4) is 0 Å². The van der Waals surface area contributed by atoms with Crippen LogP contribution in [0.5, 0.6) is 5.75 Å². The molecule has 1 aliphatic rings. The summed E-state index contributed by atoms with van der Waals surface area (Å²) < 4.78 is 5.61. The third kappa shape index (κ3) is 3.48. The molecule has 1 heterocycles. The number of thioether (sulfide) groups is 1. The Hall–Kier alpha value is -0.710. The fourth-order valence-electron chi connectivity index (χ4n) is 2.84. The first-order valence-corrected chi connectivity index (χ1v) is 8.52. The van der Waals surface area contributed by atoms with Crippen molar-refractivity contribution in [3.63, 3.8) is 0 Å². The molecular weight excluding hydrogens is 268 g/mol. The topological polar surface area (TPSA) is 38.5 Å². The van der Waals surface area contributed by atoms with Crippen LogP contribution in [0.15, 0.2) is 24.3 Å². The molecule has 3 nitrogen and oxygen atoms in total. The highest BCUT2D eigenvalue weighted by molar-refractivity contribution is 8.00. The zero-order valence-corrected chi connectivity index (χ0v) is 13.5. The van der Waals surface area contributed by atoms with Crippen molar-refractivity contribution in [2.24, 2.45) is 5.73 Å². The molecule has 4 heteroatoms. The Balaban J connectivity index is 2.20. The van der Waals surface area contributed by atoms with E-state index in [0.717, 1.165) is 12.3 Å². The lowest BCUT2D eigenvalue weighted by Crippen LogP contribution is -2.48. The predicted octanol–water partition coefficient (Wildman–Crippen LogP) is 2.91. The number of nitrogens with two attached hydrogens (primary N) is 1. The molecule has 1 fully saturated rings. The van der Waals surface area contributed by atoms with Gasteiger partial charge in [0, 0.05) is 36.2 Å². The highest BCUT2D eigenvalue weighted by Crippen LogP contribution is 2.32. The summed E-state index contributed by atoms with van der Waals surface area (Å²) in [6, 6.07) is 9.22. The molecule has 2 rings (SSSR count). The highest BCUT2D eigenvalue weighted by Gasteiger charge is 2.30. The quantitative estimate of drug-likeness (QED) is 0.906. The average molecular weight is 294 g/mol. The third-order valence-corrected chi connectivity index (χ3v) is 5.45. The monoisotopic (exact) mass is 294 g/mol. The van der Waals surface area contributed by atoms with Gasteiger partial charge in [0.25, 0.3) is 0 Å². The third-order valence-electron chi connectivity index (χ3n) is 4.11. The number of ether oxygens (including phenoxy) is 1. The number of rotatable bonds is 5. The van der Waals surface area contributed by atoms with Crippen LogP contribution in [0.2, 0.25) is 0 Å². The van der Waals surface area contributed by atoms with Crippen molar-refractivity contribution < 1.29 is 4.74 Å². The highest BCUT2D eigenvalue weighted by atomic mass is 32.2. The molecule has 2 N–H and O–H groups in total. The largest absolute Gasteiger partial charge is 0.494 e. The van der Waals surface area contributed by atoms with Crippen molar-refractivity contribution in [1.82, 2.24) is 4.90 Å². The van der Waals surface area contributed by atoms with Crippen LogP contribution >= 0.6 is 11.8 Å². The van der Waals surface area contributed by atoms with Crippen LogP contribution in [0.4, 0.5) is 0 Å². The van der Waals surface area contributed by atoms with Crippen LogP contribution in [0.25, 0.3) is 0 Å². The van der Waals surface area contributed by atoms with Gasteiger partial charge in [0.15, 0.2) is 0 Å². The van der Waals surface area contributed by atoms with Gasteiger partial charge in [-0.2, -0.15) is 11.8 Å². The Morgan fingerprint density at radius 1 is 1.45 bits per heavy atom. The van der Waals surface area contributed by atoms with Crippen LogP contribution in [0, 0.1) is 0 Å². The van der Waals surface area contributed by atoms with Crippen molar-refractivity contribution in [3.05, 3.63) is 29.8 Å². The summed E-state index contributed by atoms with van der Waals surface area (Å²) in [6.45, 7) is 9.09. The summed E-state index contributed by atoms with van der Waals surface area (Å²) in [6.07, 6.45) is 0. The Labute approximate surface area is 126 Å². The molecule has 0 radical (unpaired) electrons. The standard InChI is InChI=1S/C16H26N2OS/c1-4-19-15-7-5-6-14(10-15)16(11-17)18-8-9-20-13(3)12(18)2/h5-7,10,12-13,16H,4,8-9,11,17H2,1-3H3. The summed E-state index contributed by atoms with van der Waals surface area (Å²) in [7, 11) is 0. The zero-order chi connectivity index (χ0) is 14.5. The molecule has 3 unspecified atom stereocenters. The molecular formula is C16H26N2OS. The van der Waals surface area contributed by atoms with E-state index in [1.165, 1.54) is 11.3 Å². The van der Waals surface area contributed by atoms with Gasteiger partial charge in [0.1, 0.15) is 5.75 Å². The molecule has 0 bridgehead atoms. The molecule has 0 aliphatic carbocycles. The van der Waals surface area contributed by atoms with Crippen LogP contribution < -0.4 is 10.5 Å². The maximum atomic E-state index is 6.08. The number of nitrogens with zero attached hydrogens (tertiary/aromatic N) is 1. The van der Waals surface area contributed by atoms with Gasteiger partial charge in [-0.25, -0.2) is 0 Å². The second-order valence-electron chi connectivity index (χ2n) is 5.31. The molecule has 0 spiro atoms. The van der Waals surface area contributed by atoms with E-state index in [1.807, 2.05) is 13.0 Å². The van der Waals surface area contributed by atoms with Crippen LogP contribution in [0.1, 0.15) is 32.4 Å². The average Bonchev–Trinajstić information content (AvgIpc) is 2.45. The minimum Gasteiger partial charge on any atom is -0.494 e. The van der Waals surface area contributed by atoms with Gasteiger partial charge in [-0.1, -0.05) is 19.1 Å². The lowest BCUT2D eigenvalue weighted by molar-refractivity contribution is 0.150. The molecule has 1 aliphatic heterocycles. The van der Waals surface area contributed by atoms with Gasteiger partial charge >= 0.3 is 0 Å². The molecule has 0 saturated carbocycles. The minimum absolute atomic E-state index is 0.286. The van der Waals surface area contributed by atoms with Crippen molar-refractivity contribution in [2.75, 3.05) is 25.4 Å². The number of hydrogen-bond donors (Lipinski definition) is 1. The van der Waals surface area contributed by atoms with Gasteiger partial charge in [-0.3, -0.25) is 4.90 Å². The van der Waals surface area contributed by atoms with Gasteiger partial charge < -0.3 is 10.5 Å². The predicted molar refractivity (Wildman–Crippen MR) is 87.5 cm³/mol. The molecule has 3 atom stereocenters. The van der Waals surface area contributed by atoms with E-state index in [1.54, 1.807) is 0 Å². The molecule has 0 aromatic heterocycles. The lowest BCUT2D eigenvalue weighted by atomic mass is 10.0. The van der Waals surface area contributed by atoms with E-state index < -0.39 is 0 Å². The summed E-state index contributed by atoms with van der Waals surface area (Å²) >= 11 is 2.06. The molecule has 20 heavy (non-hydrogen) atoms. The fourth-order valence-corrected chi connectivity index (χ4v) is 3.96. The van der Waals surface area contributed by atoms with Gasteiger partial charge in [0.2, 0.25) is 0 Å². The van der Waals surface area contributed by atoms with Gasteiger partial charge in [-0.05, 0) is 31.5 Å². The van der Waals surface area contributed by atoms with E-state index >= 15 is 0 Å².